The van der Waals surface area contributed by atoms with Crippen LogP contribution in [-0.4, -0.2) is 33.9 Å². The number of carbonyl (C=O) groups excluding carboxylic acids is 1. The van der Waals surface area contributed by atoms with Crippen molar-refractivity contribution in [3.63, 3.8) is 0 Å². The van der Waals surface area contributed by atoms with Crippen LogP contribution in [0.1, 0.15) is 46.3 Å². The molecule has 6 heteroatoms. The normalized spacial score (nSPS) is 17.1. The van der Waals surface area contributed by atoms with Gasteiger partial charge in [-0.05, 0) is 36.6 Å². The molecule has 4 rings (SSSR count). The van der Waals surface area contributed by atoms with Crippen molar-refractivity contribution in [2.75, 3.05) is 13.1 Å². The third kappa shape index (κ3) is 3.89. The molecule has 1 atom stereocenters. The third-order valence-electron chi connectivity index (χ3n) is 4.88. The van der Waals surface area contributed by atoms with Gasteiger partial charge in [0.2, 0.25) is 0 Å². The minimum atomic E-state index is -0.248. The molecule has 138 valence electrons. The Morgan fingerprint density at radius 2 is 2.04 bits per heavy atom. The molecule has 0 spiro atoms. The molecule has 2 aromatic heterocycles. The van der Waals surface area contributed by atoms with E-state index in [1.165, 1.54) is 6.07 Å². The Kier molecular flexibility index (Phi) is 4.96. The van der Waals surface area contributed by atoms with Crippen LogP contribution in [0.3, 0.4) is 0 Å². The highest BCUT2D eigenvalue weighted by atomic mass is 19.1. The summed E-state index contributed by atoms with van der Waals surface area (Å²) < 4.78 is 19.7. The largest absolute Gasteiger partial charge is 0.445 e. The van der Waals surface area contributed by atoms with Crippen molar-refractivity contribution in [2.45, 2.75) is 25.2 Å². The van der Waals surface area contributed by atoms with Crippen LogP contribution in [-0.2, 0) is 6.42 Å². The standard InChI is InChI=1S/C21H20FN3O2/c22-19-6-2-1-4-16(19)12-18-13-24-20(27-18)17-5-3-11-25(14-17)21(26)15-7-9-23-10-8-15/h1-2,4,6-10,13,17H,3,5,11-12,14H2. The van der Waals surface area contributed by atoms with Crippen LogP contribution < -0.4 is 0 Å². The van der Waals surface area contributed by atoms with Crippen LogP contribution in [0.4, 0.5) is 4.39 Å². The van der Waals surface area contributed by atoms with E-state index in [2.05, 4.69) is 9.97 Å². The molecule has 1 saturated heterocycles. The number of halogens is 1. The SMILES string of the molecule is O=C(c1ccncc1)N1CCCC(c2ncc(Cc3ccccc3F)o2)C1. The lowest BCUT2D eigenvalue weighted by atomic mass is 9.97. The maximum absolute atomic E-state index is 13.8. The number of aromatic nitrogens is 2. The first-order valence-corrected chi connectivity index (χ1v) is 9.08. The molecule has 27 heavy (non-hydrogen) atoms. The second kappa shape index (κ2) is 7.70. The summed E-state index contributed by atoms with van der Waals surface area (Å²) in [5, 5.41) is 0. The second-order valence-corrected chi connectivity index (χ2v) is 6.76. The lowest BCUT2D eigenvalue weighted by molar-refractivity contribution is 0.0698. The van der Waals surface area contributed by atoms with Crippen molar-refractivity contribution in [3.05, 3.63) is 83.6 Å². The molecule has 0 N–H and O–H groups in total. The first-order chi connectivity index (χ1) is 13.2. The first-order valence-electron chi connectivity index (χ1n) is 9.08. The number of hydrogen-bond donors (Lipinski definition) is 0. The van der Waals surface area contributed by atoms with Crippen LogP contribution in [0.15, 0.2) is 59.4 Å². The smallest absolute Gasteiger partial charge is 0.253 e. The summed E-state index contributed by atoms with van der Waals surface area (Å²) in [6, 6.07) is 10.1. The number of benzene rings is 1. The van der Waals surface area contributed by atoms with Gasteiger partial charge in [-0.3, -0.25) is 9.78 Å². The molecule has 0 bridgehead atoms. The number of hydrogen-bond acceptors (Lipinski definition) is 4. The molecule has 5 nitrogen and oxygen atoms in total. The van der Waals surface area contributed by atoms with Crippen molar-refractivity contribution in [2.24, 2.45) is 0 Å². The van der Waals surface area contributed by atoms with E-state index >= 15 is 0 Å². The number of pyridine rings is 1. The van der Waals surface area contributed by atoms with Crippen molar-refractivity contribution in [3.8, 4) is 0 Å². The van der Waals surface area contributed by atoms with Gasteiger partial charge in [0.25, 0.3) is 5.91 Å². The number of nitrogens with zero attached hydrogens (tertiary/aromatic N) is 3. The number of rotatable bonds is 4. The molecule has 3 heterocycles. The fraction of sp³-hybridized carbons (Fsp3) is 0.286. The zero-order valence-electron chi connectivity index (χ0n) is 14.8. The Bertz CT molecular complexity index is 926. The van der Waals surface area contributed by atoms with Crippen LogP contribution in [0.25, 0.3) is 0 Å². The lowest BCUT2D eigenvalue weighted by Crippen LogP contribution is -2.39. The van der Waals surface area contributed by atoms with Gasteiger partial charge in [-0.15, -0.1) is 0 Å². The molecule has 1 fully saturated rings. The first kappa shape index (κ1) is 17.4. The van der Waals surface area contributed by atoms with Gasteiger partial charge in [-0.2, -0.15) is 0 Å². The highest BCUT2D eigenvalue weighted by Crippen LogP contribution is 2.28. The van der Waals surface area contributed by atoms with Gasteiger partial charge in [0.15, 0.2) is 5.89 Å². The Labute approximate surface area is 156 Å². The van der Waals surface area contributed by atoms with E-state index in [-0.39, 0.29) is 17.6 Å². The Balaban J connectivity index is 1.45. The summed E-state index contributed by atoms with van der Waals surface area (Å²) in [5.41, 5.74) is 1.22. The summed E-state index contributed by atoms with van der Waals surface area (Å²) in [6.07, 6.45) is 7.08. The molecular formula is C21H20FN3O2. The quantitative estimate of drug-likeness (QED) is 0.705. The molecule has 0 saturated carbocycles. The summed E-state index contributed by atoms with van der Waals surface area (Å²) in [6.45, 7) is 1.29. The van der Waals surface area contributed by atoms with E-state index in [4.69, 9.17) is 4.42 Å². The van der Waals surface area contributed by atoms with Crippen LogP contribution in [0.5, 0.6) is 0 Å². The number of likely N-dealkylation sites (tertiary alicyclic amines) is 1. The maximum Gasteiger partial charge on any atom is 0.253 e. The van der Waals surface area contributed by atoms with Gasteiger partial charge in [0.1, 0.15) is 11.6 Å². The van der Waals surface area contributed by atoms with Gasteiger partial charge < -0.3 is 9.32 Å². The van der Waals surface area contributed by atoms with Crippen LogP contribution in [0.2, 0.25) is 0 Å². The predicted octanol–water partition coefficient (Wildman–Crippen LogP) is 3.82. The summed E-state index contributed by atoms with van der Waals surface area (Å²) in [4.78, 5) is 22.9. The number of piperidine rings is 1. The Morgan fingerprint density at radius 3 is 2.85 bits per heavy atom. The average Bonchev–Trinajstić information content (AvgIpc) is 3.19. The van der Waals surface area contributed by atoms with E-state index in [1.54, 1.807) is 48.9 Å². The Hall–Kier alpha value is -3.02. The molecule has 3 aromatic rings. The topological polar surface area (TPSA) is 59.2 Å². The summed E-state index contributed by atoms with van der Waals surface area (Å²) >= 11 is 0. The van der Waals surface area contributed by atoms with Crippen LogP contribution >= 0.6 is 0 Å². The molecular weight excluding hydrogens is 345 g/mol. The number of amides is 1. The van der Waals surface area contributed by atoms with Gasteiger partial charge in [0.05, 0.1) is 12.1 Å². The maximum atomic E-state index is 13.8. The third-order valence-corrected chi connectivity index (χ3v) is 4.88. The molecule has 0 aliphatic carbocycles. The predicted molar refractivity (Wildman–Crippen MR) is 97.8 cm³/mol. The fourth-order valence-corrected chi connectivity index (χ4v) is 3.46. The minimum Gasteiger partial charge on any atom is -0.445 e. The number of oxazole rings is 1. The molecule has 1 unspecified atom stereocenters. The van der Waals surface area contributed by atoms with Gasteiger partial charge >= 0.3 is 0 Å². The molecule has 0 radical (unpaired) electrons. The van der Waals surface area contributed by atoms with E-state index in [1.807, 2.05) is 4.90 Å². The van der Waals surface area contributed by atoms with Crippen molar-refractivity contribution in [1.29, 1.82) is 0 Å². The van der Waals surface area contributed by atoms with E-state index in [0.717, 1.165) is 19.4 Å². The highest BCUT2D eigenvalue weighted by Gasteiger charge is 2.28. The van der Waals surface area contributed by atoms with Crippen LogP contribution in [0, 0.1) is 5.82 Å². The zero-order valence-corrected chi connectivity index (χ0v) is 14.8. The summed E-state index contributed by atoms with van der Waals surface area (Å²) in [7, 11) is 0. The fourth-order valence-electron chi connectivity index (χ4n) is 3.46. The van der Waals surface area contributed by atoms with Gasteiger partial charge in [-0.25, -0.2) is 9.37 Å². The van der Waals surface area contributed by atoms with Crippen molar-refractivity contribution in [1.82, 2.24) is 14.9 Å². The molecule has 1 aliphatic heterocycles. The average molecular weight is 365 g/mol. The van der Waals surface area contributed by atoms with E-state index in [9.17, 15) is 9.18 Å². The van der Waals surface area contributed by atoms with E-state index in [0.29, 0.717) is 35.7 Å². The molecule has 1 aromatic carbocycles. The van der Waals surface area contributed by atoms with E-state index < -0.39 is 0 Å². The molecule has 1 aliphatic rings. The second-order valence-electron chi connectivity index (χ2n) is 6.76. The lowest BCUT2D eigenvalue weighted by Gasteiger charge is -2.31. The Morgan fingerprint density at radius 1 is 1.22 bits per heavy atom. The minimum absolute atomic E-state index is 0.000219. The van der Waals surface area contributed by atoms with Gasteiger partial charge in [-0.1, -0.05) is 18.2 Å². The number of carbonyl (C=O) groups is 1. The van der Waals surface area contributed by atoms with Crippen molar-refractivity contribution >= 4 is 5.91 Å². The van der Waals surface area contributed by atoms with Crippen molar-refractivity contribution < 1.29 is 13.6 Å². The highest BCUT2D eigenvalue weighted by molar-refractivity contribution is 5.94. The summed E-state index contributed by atoms with van der Waals surface area (Å²) in [5.74, 6) is 1.06. The van der Waals surface area contributed by atoms with Gasteiger partial charge in [0, 0.05) is 37.5 Å². The monoisotopic (exact) mass is 365 g/mol. The molecule has 1 amide bonds. The zero-order chi connectivity index (χ0) is 18.6.